The zero-order chi connectivity index (χ0) is 11.3. The minimum atomic E-state index is 0.0356. The molecule has 0 aliphatic rings. The van der Waals surface area contributed by atoms with Gasteiger partial charge in [-0.2, -0.15) is 5.10 Å². The van der Waals surface area contributed by atoms with Gasteiger partial charge in [-0.25, -0.2) is 0 Å². The SMILES string of the molecule is CCC(C)C(NN)c1ccc(OC)nn1. The Bertz CT molecular complexity index is 288. The van der Waals surface area contributed by atoms with Crippen molar-refractivity contribution in [2.45, 2.75) is 26.3 Å². The Morgan fingerprint density at radius 3 is 2.60 bits per heavy atom. The summed E-state index contributed by atoms with van der Waals surface area (Å²) in [6, 6.07) is 3.70. The lowest BCUT2D eigenvalue weighted by atomic mass is 9.97. The van der Waals surface area contributed by atoms with Gasteiger partial charge in [0.15, 0.2) is 0 Å². The first-order valence-electron chi connectivity index (χ1n) is 5.06. The molecule has 0 aliphatic heterocycles. The first-order chi connectivity index (χ1) is 7.22. The number of hydrogen-bond acceptors (Lipinski definition) is 5. The molecule has 1 aromatic rings. The quantitative estimate of drug-likeness (QED) is 0.561. The van der Waals surface area contributed by atoms with E-state index in [1.54, 1.807) is 13.2 Å². The normalized spacial score (nSPS) is 14.7. The van der Waals surface area contributed by atoms with Crippen LogP contribution in [0, 0.1) is 5.92 Å². The van der Waals surface area contributed by atoms with Gasteiger partial charge >= 0.3 is 0 Å². The topological polar surface area (TPSA) is 73.1 Å². The fraction of sp³-hybridized carbons (Fsp3) is 0.600. The average molecular weight is 210 g/mol. The van der Waals surface area contributed by atoms with Crippen LogP contribution in [-0.2, 0) is 0 Å². The van der Waals surface area contributed by atoms with Gasteiger partial charge in [0.1, 0.15) is 0 Å². The van der Waals surface area contributed by atoms with Crippen LogP contribution >= 0.6 is 0 Å². The van der Waals surface area contributed by atoms with Crippen molar-refractivity contribution in [2.75, 3.05) is 7.11 Å². The molecule has 3 N–H and O–H groups in total. The van der Waals surface area contributed by atoms with E-state index in [4.69, 9.17) is 10.6 Å². The van der Waals surface area contributed by atoms with Crippen LogP contribution in [0.3, 0.4) is 0 Å². The maximum Gasteiger partial charge on any atom is 0.233 e. The van der Waals surface area contributed by atoms with Gasteiger partial charge in [0.05, 0.1) is 18.8 Å². The Balaban J connectivity index is 2.83. The number of aromatic nitrogens is 2. The molecule has 0 saturated heterocycles. The third-order valence-corrected chi connectivity index (χ3v) is 2.58. The highest BCUT2D eigenvalue weighted by molar-refractivity contribution is 5.14. The summed E-state index contributed by atoms with van der Waals surface area (Å²) in [5, 5.41) is 7.99. The summed E-state index contributed by atoms with van der Waals surface area (Å²) in [7, 11) is 1.57. The number of hydrazine groups is 1. The number of ether oxygens (including phenoxy) is 1. The molecule has 0 bridgehead atoms. The zero-order valence-electron chi connectivity index (χ0n) is 9.40. The van der Waals surface area contributed by atoms with Gasteiger partial charge in [-0.1, -0.05) is 20.3 Å². The van der Waals surface area contributed by atoms with Crippen LogP contribution < -0.4 is 16.0 Å². The van der Waals surface area contributed by atoms with Crippen molar-refractivity contribution in [3.05, 3.63) is 17.8 Å². The third-order valence-electron chi connectivity index (χ3n) is 2.58. The van der Waals surface area contributed by atoms with E-state index in [1.807, 2.05) is 6.07 Å². The monoisotopic (exact) mass is 210 g/mol. The van der Waals surface area contributed by atoms with Crippen LogP contribution in [0.15, 0.2) is 12.1 Å². The highest BCUT2D eigenvalue weighted by Crippen LogP contribution is 2.21. The minimum absolute atomic E-state index is 0.0356. The standard InChI is InChI=1S/C10H18N4O/c1-4-7(2)10(12-11)8-5-6-9(15-3)14-13-8/h5-7,10,12H,4,11H2,1-3H3. The molecule has 84 valence electrons. The van der Waals surface area contributed by atoms with Gasteiger partial charge in [0, 0.05) is 6.07 Å². The van der Waals surface area contributed by atoms with E-state index in [0.29, 0.717) is 11.8 Å². The van der Waals surface area contributed by atoms with Crippen molar-refractivity contribution >= 4 is 0 Å². The van der Waals surface area contributed by atoms with E-state index in [-0.39, 0.29) is 6.04 Å². The molecule has 0 radical (unpaired) electrons. The summed E-state index contributed by atoms with van der Waals surface area (Å²) in [6.07, 6.45) is 1.03. The maximum absolute atomic E-state index is 5.50. The van der Waals surface area contributed by atoms with Gasteiger partial charge in [-0.3, -0.25) is 11.3 Å². The van der Waals surface area contributed by atoms with E-state index in [9.17, 15) is 0 Å². The Kier molecular flexibility index (Phi) is 4.45. The zero-order valence-corrected chi connectivity index (χ0v) is 9.40. The largest absolute Gasteiger partial charge is 0.480 e. The molecule has 2 unspecified atom stereocenters. The summed E-state index contributed by atoms with van der Waals surface area (Å²) < 4.78 is 4.94. The van der Waals surface area contributed by atoms with Gasteiger partial charge < -0.3 is 4.74 Å². The summed E-state index contributed by atoms with van der Waals surface area (Å²) >= 11 is 0. The smallest absolute Gasteiger partial charge is 0.233 e. The first kappa shape index (κ1) is 11.9. The van der Waals surface area contributed by atoms with Gasteiger partial charge in [-0.15, -0.1) is 5.10 Å². The van der Waals surface area contributed by atoms with E-state index in [1.165, 1.54) is 0 Å². The first-order valence-corrected chi connectivity index (χ1v) is 5.06. The van der Waals surface area contributed by atoms with E-state index in [2.05, 4.69) is 29.5 Å². The average Bonchev–Trinajstić information content (AvgIpc) is 2.30. The fourth-order valence-corrected chi connectivity index (χ4v) is 1.38. The molecule has 2 atom stereocenters. The van der Waals surface area contributed by atoms with Crippen LogP contribution in [0.5, 0.6) is 5.88 Å². The van der Waals surface area contributed by atoms with Crippen LogP contribution in [0.4, 0.5) is 0 Å². The fourth-order valence-electron chi connectivity index (χ4n) is 1.38. The van der Waals surface area contributed by atoms with E-state index >= 15 is 0 Å². The van der Waals surface area contributed by atoms with Crippen molar-refractivity contribution < 1.29 is 4.74 Å². The molecular formula is C10H18N4O. The van der Waals surface area contributed by atoms with Crippen molar-refractivity contribution in [2.24, 2.45) is 11.8 Å². The van der Waals surface area contributed by atoms with Crippen molar-refractivity contribution in [3.63, 3.8) is 0 Å². The molecule has 5 heteroatoms. The van der Waals surface area contributed by atoms with Gasteiger partial charge in [0.2, 0.25) is 5.88 Å². The lowest BCUT2D eigenvalue weighted by Crippen LogP contribution is -2.33. The van der Waals surface area contributed by atoms with Gasteiger partial charge in [-0.05, 0) is 12.0 Å². The van der Waals surface area contributed by atoms with Crippen LogP contribution in [0.1, 0.15) is 32.0 Å². The van der Waals surface area contributed by atoms with Gasteiger partial charge in [0.25, 0.3) is 0 Å². The minimum Gasteiger partial charge on any atom is -0.480 e. The Morgan fingerprint density at radius 1 is 1.47 bits per heavy atom. The molecular weight excluding hydrogens is 192 g/mol. The summed E-state index contributed by atoms with van der Waals surface area (Å²) in [5.41, 5.74) is 3.60. The molecule has 1 aromatic heterocycles. The molecule has 15 heavy (non-hydrogen) atoms. The van der Waals surface area contributed by atoms with Crippen LogP contribution in [-0.4, -0.2) is 17.3 Å². The number of nitrogens with one attached hydrogen (secondary N) is 1. The lowest BCUT2D eigenvalue weighted by Gasteiger charge is -2.20. The second-order valence-corrected chi connectivity index (χ2v) is 3.53. The van der Waals surface area contributed by atoms with Crippen molar-refractivity contribution in [1.82, 2.24) is 15.6 Å². The summed E-state index contributed by atoms with van der Waals surface area (Å²) in [5.74, 6) is 6.43. The van der Waals surface area contributed by atoms with E-state index < -0.39 is 0 Å². The molecule has 0 amide bonds. The van der Waals surface area contributed by atoms with E-state index in [0.717, 1.165) is 12.1 Å². The Labute approximate surface area is 90.0 Å². The predicted molar refractivity (Wildman–Crippen MR) is 58.1 cm³/mol. The highest BCUT2D eigenvalue weighted by atomic mass is 16.5. The predicted octanol–water partition coefficient (Wildman–Crippen LogP) is 1.04. The molecule has 0 aromatic carbocycles. The van der Waals surface area contributed by atoms with Crippen molar-refractivity contribution in [3.8, 4) is 5.88 Å². The molecule has 1 heterocycles. The number of nitrogens with zero attached hydrogens (tertiary/aromatic N) is 2. The second kappa shape index (κ2) is 5.63. The van der Waals surface area contributed by atoms with Crippen LogP contribution in [0.25, 0.3) is 0 Å². The number of hydrogen-bond donors (Lipinski definition) is 2. The molecule has 5 nitrogen and oxygen atoms in total. The molecule has 0 saturated carbocycles. The Morgan fingerprint density at radius 2 is 2.20 bits per heavy atom. The molecule has 0 spiro atoms. The Hall–Kier alpha value is -1.20. The maximum atomic E-state index is 5.50. The number of methoxy groups -OCH3 is 1. The summed E-state index contributed by atoms with van der Waals surface area (Å²) in [4.78, 5) is 0. The molecule has 0 aliphatic carbocycles. The highest BCUT2D eigenvalue weighted by Gasteiger charge is 2.18. The molecule has 1 rings (SSSR count). The number of nitrogens with two attached hydrogens (primary N) is 1. The summed E-state index contributed by atoms with van der Waals surface area (Å²) in [6.45, 7) is 4.24. The number of rotatable bonds is 5. The van der Waals surface area contributed by atoms with Crippen LogP contribution in [0.2, 0.25) is 0 Å². The second-order valence-electron chi connectivity index (χ2n) is 3.53. The lowest BCUT2D eigenvalue weighted by molar-refractivity contribution is 0.363. The molecule has 0 fully saturated rings. The van der Waals surface area contributed by atoms with Crippen molar-refractivity contribution in [1.29, 1.82) is 0 Å². The third kappa shape index (κ3) is 2.87.